The van der Waals surface area contributed by atoms with Gasteiger partial charge < -0.3 is 5.11 Å². The SMILES string of the molecule is Cc1cc(C)c(CC(O)c2ccnnc2)c(C)c1. The van der Waals surface area contributed by atoms with Gasteiger partial charge in [0.25, 0.3) is 0 Å². The van der Waals surface area contributed by atoms with Crippen LogP contribution in [0.1, 0.15) is 33.9 Å². The first-order chi connectivity index (χ1) is 8.58. The average Bonchev–Trinajstić information content (AvgIpc) is 2.34. The predicted molar refractivity (Wildman–Crippen MR) is 71.3 cm³/mol. The lowest BCUT2D eigenvalue weighted by Gasteiger charge is -2.15. The number of hydrogen-bond donors (Lipinski definition) is 1. The van der Waals surface area contributed by atoms with Gasteiger partial charge >= 0.3 is 0 Å². The van der Waals surface area contributed by atoms with Crippen LogP contribution in [0.5, 0.6) is 0 Å². The predicted octanol–water partition coefficient (Wildman–Crippen LogP) is 2.68. The molecule has 0 spiro atoms. The number of aliphatic hydroxyl groups excluding tert-OH is 1. The molecule has 0 fully saturated rings. The van der Waals surface area contributed by atoms with Gasteiger partial charge in [-0.2, -0.15) is 10.2 Å². The quantitative estimate of drug-likeness (QED) is 0.900. The zero-order chi connectivity index (χ0) is 13.1. The molecule has 0 aliphatic heterocycles. The van der Waals surface area contributed by atoms with E-state index in [9.17, 15) is 5.11 Å². The molecule has 2 rings (SSSR count). The lowest BCUT2D eigenvalue weighted by Crippen LogP contribution is -2.06. The third-order valence-corrected chi connectivity index (χ3v) is 3.23. The van der Waals surface area contributed by atoms with Crippen molar-refractivity contribution in [3.8, 4) is 0 Å². The Labute approximate surface area is 108 Å². The van der Waals surface area contributed by atoms with Crippen LogP contribution in [0.25, 0.3) is 0 Å². The van der Waals surface area contributed by atoms with E-state index >= 15 is 0 Å². The third kappa shape index (κ3) is 2.74. The van der Waals surface area contributed by atoms with E-state index in [0.717, 1.165) is 5.56 Å². The minimum atomic E-state index is -0.527. The first-order valence-electron chi connectivity index (χ1n) is 6.09. The summed E-state index contributed by atoms with van der Waals surface area (Å²) >= 11 is 0. The second kappa shape index (κ2) is 5.27. The molecule has 18 heavy (non-hydrogen) atoms. The first-order valence-corrected chi connectivity index (χ1v) is 6.09. The summed E-state index contributed by atoms with van der Waals surface area (Å²) in [4.78, 5) is 0. The Morgan fingerprint density at radius 3 is 2.33 bits per heavy atom. The van der Waals surface area contributed by atoms with Crippen molar-refractivity contribution in [2.24, 2.45) is 0 Å². The zero-order valence-electron chi connectivity index (χ0n) is 11.0. The molecule has 0 amide bonds. The Balaban J connectivity index is 2.25. The molecule has 0 aliphatic carbocycles. The van der Waals surface area contributed by atoms with Crippen molar-refractivity contribution in [1.82, 2.24) is 10.2 Å². The van der Waals surface area contributed by atoms with Gasteiger partial charge in [0, 0.05) is 18.2 Å². The standard InChI is InChI=1S/C15H18N2O/c1-10-6-11(2)14(12(3)7-10)8-15(18)13-4-5-16-17-9-13/h4-7,9,15,18H,8H2,1-3H3. The summed E-state index contributed by atoms with van der Waals surface area (Å²) in [5, 5.41) is 17.7. The third-order valence-electron chi connectivity index (χ3n) is 3.23. The Kier molecular flexibility index (Phi) is 3.72. The van der Waals surface area contributed by atoms with Gasteiger partial charge in [-0.25, -0.2) is 0 Å². The second-order valence-corrected chi connectivity index (χ2v) is 4.77. The van der Waals surface area contributed by atoms with E-state index in [-0.39, 0.29) is 0 Å². The summed E-state index contributed by atoms with van der Waals surface area (Å²) in [6.07, 6.45) is 3.31. The van der Waals surface area contributed by atoms with Crippen LogP contribution >= 0.6 is 0 Å². The minimum Gasteiger partial charge on any atom is -0.388 e. The van der Waals surface area contributed by atoms with Crippen molar-refractivity contribution in [3.05, 3.63) is 58.4 Å². The van der Waals surface area contributed by atoms with Gasteiger partial charge in [0.2, 0.25) is 0 Å². The second-order valence-electron chi connectivity index (χ2n) is 4.77. The molecule has 0 bridgehead atoms. The highest BCUT2D eigenvalue weighted by molar-refractivity contribution is 5.38. The van der Waals surface area contributed by atoms with Crippen LogP contribution < -0.4 is 0 Å². The molecule has 3 nitrogen and oxygen atoms in total. The van der Waals surface area contributed by atoms with Crippen LogP contribution in [-0.4, -0.2) is 15.3 Å². The monoisotopic (exact) mass is 242 g/mol. The Bertz CT molecular complexity index is 514. The maximum Gasteiger partial charge on any atom is 0.0846 e. The number of benzene rings is 1. The van der Waals surface area contributed by atoms with Crippen LogP contribution in [0.15, 0.2) is 30.6 Å². The summed E-state index contributed by atoms with van der Waals surface area (Å²) < 4.78 is 0. The van der Waals surface area contributed by atoms with E-state index in [4.69, 9.17) is 0 Å². The molecule has 1 aromatic carbocycles. The maximum atomic E-state index is 10.2. The summed E-state index contributed by atoms with van der Waals surface area (Å²) in [5.41, 5.74) is 5.74. The van der Waals surface area contributed by atoms with E-state index in [0.29, 0.717) is 6.42 Å². The topological polar surface area (TPSA) is 46.0 Å². The Morgan fingerprint density at radius 1 is 1.11 bits per heavy atom. The number of hydrogen-bond acceptors (Lipinski definition) is 3. The molecule has 2 aromatic rings. The van der Waals surface area contributed by atoms with Crippen molar-refractivity contribution >= 4 is 0 Å². The van der Waals surface area contributed by atoms with Crippen molar-refractivity contribution in [1.29, 1.82) is 0 Å². The molecular formula is C15H18N2O. The van der Waals surface area contributed by atoms with Gasteiger partial charge in [0.05, 0.1) is 12.3 Å². The van der Waals surface area contributed by atoms with Crippen molar-refractivity contribution < 1.29 is 5.11 Å². The molecular weight excluding hydrogens is 224 g/mol. The molecule has 1 aromatic heterocycles. The first kappa shape index (κ1) is 12.7. The van der Waals surface area contributed by atoms with E-state index in [2.05, 4.69) is 43.1 Å². The summed E-state index contributed by atoms with van der Waals surface area (Å²) in [6.45, 7) is 6.27. The maximum absolute atomic E-state index is 10.2. The summed E-state index contributed by atoms with van der Waals surface area (Å²) in [6, 6.07) is 6.11. The largest absolute Gasteiger partial charge is 0.388 e. The fourth-order valence-corrected chi connectivity index (χ4v) is 2.34. The van der Waals surface area contributed by atoms with Crippen LogP contribution in [-0.2, 0) is 6.42 Å². The average molecular weight is 242 g/mol. The molecule has 0 saturated heterocycles. The Hall–Kier alpha value is -1.74. The number of aryl methyl sites for hydroxylation is 3. The van der Waals surface area contributed by atoms with Gasteiger partial charge in [-0.15, -0.1) is 0 Å². The van der Waals surface area contributed by atoms with Crippen LogP contribution in [0.3, 0.4) is 0 Å². The fourth-order valence-electron chi connectivity index (χ4n) is 2.34. The highest BCUT2D eigenvalue weighted by Crippen LogP contribution is 2.23. The van der Waals surface area contributed by atoms with E-state index in [1.54, 1.807) is 18.5 Å². The zero-order valence-corrected chi connectivity index (χ0v) is 11.0. The van der Waals surface area contributed by atoms with Crippen molar-refractivity contribution in [2.75, 3.05) is 0 Å². The van der Waals surface area contributed by atoms with Crippen molar-refractivity contribution in [2.45, 2.75) is 33.3 Å². The number of aromatic nitrogens is 2. The van der Waals surface area contributed by atoms with Gasteiger partial charge in [-0.1, -0.05) is 17.7 Å². The molecule has 94 valence electrons. The lowest BCUT2D eigenvalue weighted by atomic mass is 9.93. The summed E-state index contributed by atoms with van der Waals surface area (Å²) in [7, 11) is 0. The Morgan fingerprint density at radius 2 is 1.78 bits per heavy atom. The van der Waals surface area contributed by atoms with Gasteiger partial charge in [-0.05, 0) is 43.5 Å². The van der Waals surface area contributed by atoms with Crippen LogP contribution in [0.4, 0.5) is 0 Å². The molecule has 1 unspecified atom stereocenters. The highest BCUT2D eigenvalue weighted by Gasteiger charge is 2.12. The molecule has 0 saturated carbocycles. The molecule has 0 radical (unpaired) electrons. The summed E-state index contributed by atoms with van der Waals surface area (Å²) in [5.74, 6) is 0. The smallest absolute Gasteiger partial charge is 0.0846 e. The fraction of sp³-hybridized carbons (Fsp3) is 0.333. The molecule has 3 heteroatoms. The van der Waals surface area contributed by atoms with E-state index < -0.39 is 6.10 Å². The van der Waals surface area contributed by atoms with Gasteiger partial charge in [0.15, 0.2) is 0 Å². The van der Waals surface area contributed by atoms with Crippen LogP contribution in [0.2, 0.25) is 0 Å². The number of nitrogens with zero attached hydrogens (tertiary/aromatic N) is 2. The molecule has 0 aliphatic rings. The van der Waals surface area contributed by atoms with E-state index in [1.807, 2.05) is 0 Å². The van der Waals surface area contributed by atoms with Gasteiger partial charge in [0.1, 0.15) is 0 Å². The van der Waals surface area contributed by atoms with Crippen LogP contribution in [0, 0.1) is 20.8 Å². The molecule has 1 N–H and O–H groups in total. The minimum absolute atomic E-state index is 0.527. The van der Waals surface area contributed by atoms with Gasteiger partial charge in [-0.3, -0.25) is 0 Å². The molecule has 1 atom stereocenters. The molecule has 1 heterocycles. The number of aliphatic hydroxyl groups is 1. The lowest BCUT2D eigenvalue weighted by molar-refractivity contribution is 0.177. The number of rotatable bonds is 3. The van der Waals surface area contributed by atoms with E-state index in [1.165, 1.54) is 22.3 Å². The highest BCUT2D eigenvalue weighted by atomic mass is 16.3. The van der Waals surface area contributed by atoms with Crippen molar-refractivity contribution in [3.63, 3.8) is 0 Å². The normalized spacial score (nSPS) is 12.4.